The largest absolute Gasteiger partial charge is 0.324 e. The summed E-state index contributed by atoms with van der Waals surface area (Å²) in [6.07, 6.45) is 5.12. The Morgan fingerprint density at radius 1 is 1.00 bits per heavy atom. The van der Waals surface area contributed by atoms with Crippen molar-refractivity contribution in [1.29, 1.82) is 0 Å². The highest BCUT2D eigenvalue weighted by molar-refractivity contribution is 6.35. The van der Waals surface area contributed by atoms with Crippen molar-refractivity contribution in [1.82, 2.24) is 0 Å². The molecule has 1 aliphatic rings. The van der Waals surface area contributed by atoms with Gasteiger partial charge in [-0.3, -0.25) is 0 Å². The summed E-state index contributed by atoms with van der Waals surface area (Å²) in [4.78, 5) is 0. The molecule has 0 amide bonds. The summed E-state index contributed by atoms with van der Waals surface area (Å²) >= 11 is 6.30. The normalized spacial score (nSPS) is 24.8. The van der Waals surface area contributed by atoms with Gasteiger partial charge in [-0.15, -0.1) is 0 Å². The van der Waals surface area contributed by atoms with Crippen molar-refractivity contribution >= 4 is 22.4 Å². The van der Waals surface area contributed by atoms with Gasteiger partial charge in [0.1, 0.15) is 0 Å². The Labute approximate surface area is 126 Å². The smallest absolute Gasteiger partial charge is 0.0484 e. The second-order valence-electron chi connectivity index (χ2n) is 6.23. The number of benzene rings is 2. The zero-order chi connectivity index (χ0) is 14.1. The van der Waals surface area contributed by atoms with Crippen LogP contribution in [0.25, 0.3) is 10.8 Å². The maximum atomic E-state index is 6.59. The third-order valence-electron chi connectivity index (χ3n) is 4.83. The Balaban J connectivity index is 1.95. The molecule has 1 unspecified atom stereocenters. The second-order valence-corrected chi connectivity index (χ2v) is 6.64. The molecule has 3 rings (SSSR count). The molecular weight excluding hydrogens is 266 g/mol. The molecule has 20 heavy (non-hydrogen) atoms. The number of hydrogen-bond acceptors (Lipinski definition) is 1. The van der Waals surface area contributed by atoms with E-state index in [2.05, 4.69) is 31.2 Å². The van der Waals surface area contributed by atoms with E-state index in [-0.39, 0.29) is 6.04 Å². The van der Waals surface area contributed by atoms with Gasteiger partial charge < -0.3 is 5.73 Å². The van der Waals surface area contributed by atoms with E-state index in [4.69, 9.17) is 17.3 Å². The minimum Gasteiger partial charge on any atom is -0.324 e. The fourth-order valence-electron chi connectivity index (χ4n) is 3.48. The second kappa shape index (κ2) is 5.75. The molecule has 1 atom stereocenters. The average molecular weight is 288 g/mol. The zero-order valence-electron chi connectivity index (χ0n) is 12.0. The van der Waals surface area contributed by atoms with Gasteiger partial charge in [-0.25, -0.2) is 0 Å². The molecule has 0 saturated heterocycles. The first-order valence-corrected chi connectivity index (χ1v) is 7.97. The number of fused-ring (bicyclic) bond motifs is 1. The standard InChI is InChI=1S/C18H22ClN/c1-12-6-8-13(9-7-12)18(20)16-10-11-17(19)15-5-3-2-4-14(15)16/h2-5,10-13,18H,6-9,20H2,1H3. The van der Waals surface area contributed by atoms with Crippen LogP contribution in [0.2, 0.25) is 5.02 Å². The summed E-state index contributed by atoms with van der Waals surface area (Å²) in [6.45, 7) is 2.35. The molecule has 2 aromatic carbocycles. The van der Waals surface area contributed by atoms with E-state index in [1.165, 1.54) is 36.6 Å². The van der Waals surface area contributed by atoms with E-state index in [1.807, 2.05) is 12.1 Å². The average Bonchev–Trinajstić information content (AvgIpc) is 2.48. The molecule has 1 nitrogen and oxygen atoms in total. The Bertz CT molecular complexity index is 599. The SMILES string of the molecule is CC1CCC(C(N)c2ccc(Cl)c3ccccc23)CC1. The summed E-state index contributed by atoms with van der Waals surface area (Å²) in [6, 6.07) is 12.6. The van der Waals surface area contributed by atoms with E-state index in [1.54, 1.807) is 0 Å². The van der Waals surface area contributed by atoms with Gasteiger partial charge in [0.15, 0.2) is 0 Å². The summed E-state index contributed by atoms with van der Waals surface area (Å²) in [5.41, 5.74) is 7.84. The lowest BCUT2D eigenvalue weighted by Crippen LogP contribution is -2.25. The van der Waals surface area contributed by atoms with Crippen molar-refractivity contribution in [3.8, 4) is 0 Å². The van der Waals surface area contributed by atoms with Crippen molar-refractivity contribution in [2.45, 2.75) is 38.6 Å². The third kappa shape index (κ3) is 2.57. The van der Waals surface area contributed by atoms with Crippen molar-refractivity contribution < 1.29 is 0 Å². The van der Waals surface area contributed by atoms with Crippen LogP contribution in [0, 0.1) is 11.8 Å². The van der Waals surface area contributed by atoms with Crippen LogP contribution in [-0.2, 0) is 0 Å². The molecule has 1 aliphatic carbocycles. The van der Waals surface area contributed by atoms with Gasteiger partial charge in [-0.2, -0.15) is 0 Å². The maximum absolute atomic E-state index is 6.59. The minimum atomic E-state index is 0.129. The highest BCUT2D eigenvalue weighted by Crippen LogP contribution is 2.38. The summed E-state index contributed by atoms with van der Waals surface area (Å²) < 4.78 is 0. The molecule has 0 heterocycles. The van der Waals surface area contributed by atoms with Crippen LogP contribution >= 0.6 is 11.6 Å². The molecule has 2 N–H and O–H groups in total. The molecule has 0 radical (unpaired) electrons. The molecule has 0 spiro atoms. The Hall–Kier alpha value is -1.05. The Morgan fingerprint density at radius 3 is 2.35 bits per heavy atom. The van der Waals surface area contributed by atoms with Crippen molar-refractivity contribution in [3.63, 3.8) is 0 Å². The van der Waals surface area contributed by atoms with Crippen LogP contribution in [0.15, 0.2) is 36.4 Å². The van der Waals surface area contributed by atoms with Crippen LogP contribution in [0.5, 0.6) is 0 Å². The van der Waals surface area contributed by atoms with Crippen LogP contribution in [0.1, 0.15) is 44.2 Å². The van der Waals surface area contributed by atoms with Gasteiger partial charge in [0, 0.05) is 16.5 Å². The predicted octanol–water partition coefficient (Wildman–Crippen LogP) is 5.32. The predicted molar refractivity (Wildman–Crippen MR) is 87.0 cm³/mol. The van der Waals surface area contributed by atoms with Crippen LogP contribution in [0.3, 0.4) is 0 Å². The van der Waals surface area contributed by atoms with E-state index in [9.17, 15) is 0 Å². The number of halogens is 1. The number of nitrogens with two attached hydrogens (primary N) is 1. The van der Waals surface area contributed by atoms with E-state index >= 15 is 0 Å². The van der Waals surface area contributed by atoms with Crippen LogP contribution in [0.4, 0.5) is 0 Å². The summed E-state index contributed by atoms with van der Waals surface area (Å²) in [7, 11) is 0. The molecule has 106 valence electrons. The zero-order valence-corrected chi connectivity index (χ0v) is 12.7. The van der Waals surface area contributed by atoms with Crippen LogP contribution in [-0.4, -0.2) is 0 Å². The van der Waals surface area contributed by atoms with Gasteiger partial charge in [0.2, 0.25) is 0 Å². The maximum Gasteiger partial charge on any atom is 0.0484 e. The fourth-order valence-corrected chi connectivity index (χ4v) is 3.70. The fraction of sp³-hybridized carbons (Fsp3) is 0.444. The minimum absolute atomic E-state index is 0.129. The van der Waals surface area contributed by atoms with Gasteiger partial charge in [-0.05, 0) is 41.7 Å². The summed E-state index contributed by atoms with van der Waals surface area (Å²) in [5, 5.41) is 3.14. The van der Waals surface area contributed by atoms with E-state index < -0.39 is 0 Å². The molecule has 0 aliphatic heterocycles. The third-order valence-corrected chi connectivity index (χ3v) is 5.16. The first-order valence-electron chi connectivity index (χ1n) is 7.59. The van der Waals surface area contributed by atoms with Crippen molar-refractivity contribution in [3.05, 3.63) is 47.0 Å². The highest BCUT2D eigenvalue weighted by Gasteiger charge is 2.25. The molecule has 2 heteroatoms. The Morgan fingerprint density at radius 2 is 1.65 bits per heavy atom. The van der Waals surface area contributed by atoms with E-state index in [0.717, 1.165) is 16.3 Å². The first-order chi connectivity index (χ1) is 9.66. The highest BCUT2D eigenvalue weighted by atomic mass is 35.5. The summed E-state index contributed by atoms with van der Waals surface area (Å²) in [5.74, 6) is 1.47. The number of rotatable bonds is 2. The van der Waals surface area contributed by atoms with Crippen molar-refractivity contribution in [2.75, 3.05) is 0 Å². The molecular formula is C18H22ClN. The van der Waals surface area contributed by atoms with Gasteiger partial charge in [0.05, 0.1) is 0 Å². The van der Waals surface area contributed by atoms with Gasteiger partial charge >= 0.3 is 0 Å². The van der Waals surface area contributed by atoms with E-state index in [0.29, 0.717) is 5.92 Å². The van der Waals surface area contributed by atoms with Gasteiger partial charge in [-0.1, -0.05) is 61.7 Å². The van der Waals surface area contributed by atoms with Gasteiger partial charge in [0.25, 0.3) is 0 Å². The topological polar surface area (TPSA) is 26.0 Å². The van der Waals surface area contributed by atoms with Crippen LogP contribution < -0.4 is 5.73 Å². The molecule has 2 aromatic rings. The quantitative estimate of drug-likeness (QED) is 0.795. The molecule has 0 aromatic heterocycles. The lowest BCUT2D eigenvalue weighted by atomic mass is 9.77. The molecule has 1 saturated carbocycles. The molecule has 0 bridgehead atoms. The first kappa shape index (κ1) is 13.9. The molecule has 1 fully saturated rings. The lowest BCUT2D eigenvalue weighted by Gasteiger charge is -2.31. The Kier molecular flexibility index (Phi) is 4.00. The monoisotopic (exact) mass is 287 g/mol. The van der Waals surface area contributed by atoms with Crippen molar-refractivity contribution in [2.24, 2.45) is 17.6 Å². The lowest BCUT2D eigenvalue weighted by molar-refractivity contribution is 0.257. The number of hydrogen-bond donors (Lipinski definition) is 1.